The van der Waals surface area contributed by atoms with Crippen LogP contribution >= 0.6 is 15.9 Å². The van der Waals surface area contributed by atoms with E-state index in [1.165, 1.54) is 13.8 Å². The number of hydrogen-bond donors (Lipinski definition) is 0. The molecule has 1 saturated carbocycles. The minimum atomic E-state index is -0.298. The second kappa shape index (κ2) is 5.49. The largest absolute Gasteiger partial charge is 0.461 e. The number of alkyl halides is 1. The van der Waals surface area contributed by atoms with Crippen molar-refractivity contribution >= 4 is 27.9 Å². The summed E-state index contributed by atoms with van der Waals surface area (Å²) in [4.78, 5) is 21.6. The van der Waals surface area contributed by atoms with Crippen LogP contribution in [0.2, 0.25) is 0 Å². The molecule has 5 heteroatoms. The van der Waals surface area contributed by atoms with Gasteiger partial charge in [-0.25, -0.2) is 0 Å². The molecule has 1 unspecified atom stereocenters. The fraction of sp³-hybridized carbons (Fsp3) is 0.800. The van der Waals surface area contributed by atoms with Gasteiger partial charge in [-0.15, -0.1) is 0 Å². The summed E-state index contributed by atoms with van der Waals surface area (Å²) >= 11 is 3.42. The summed E-state index contributed by atoms with van der Waals surface area (Å²) in [5.74, 6) is -0.596. The number of rotatable bonds is 2. The first-order valence-corrected chi connectivity index (χ1v) is 5.90. The van der Waals surface area contributed by atoms with E-state index < -0.39 is 0 Å². The van der Waals surface area contributed by atoms with Crippen LogP contribution in [0, 0.1) is 0 Å². The maximum Gasteiger partial charge on any atom is 0.302 e. The number of ether oxygens (including phenoxy) is 2. The van der Waals surface area contributed by atoms with E-state index in [9.17, 15) is 9.59 Å². The lowest BCUT2D eigenvalue weighted by atomic mass is 9.94. The van der Waals surface area contributed by atoms with Gasteiger partial charge in [0.2, 0.25) is 0 Å². The summed E-state index contributed by atoms with van der Waals surface area (Å²) in [6.45, 7) is 2.77. The molecule has 3 atom stereocenters. The third kappa shape index (κ3) is 3.81. The van der Waals surface area contributed by atoms with Gasteiger partial charge in [0.05, 0.1) is 4.83 Å². The maximum absolute atomic E-state index is 10.8. The van der Waals surface area contributed by atoms with Crippen molar-refractivity contribution in [3.63, 3.8) is 0 Å². The van der Waals surface area contributed by atoms with Gasteiger partial charge in [-0.05, 0) is 19.3 Å². The highest BCUT2D eigenvalue weighted by Crippen LogP contribution is 2.29. The Labute approximate surface area is 97.4 Å². The molecule has 0 aromatic heterocycles. The normalized spacial score (nSPS) is 30.7. The first-order valence-electron chi connectivity index (χ1n) is 4.99. The van der Waals surface area contributed by atoms with Gasteiger partial charge >= 0.3 is 11.9 Å². The van der Waals surface area contributed by atoms with E-state index in [4.69, 9.17) is 9.47 Å². The van der Waals surface area contributed by atoms with Crippen LogP contribution in [0.1, 0.15) is 33.1 Å². The van der Waals surface area contributed by atoms with E-state index in [2.05, 4.69) is 15.9 Å². The zero-order chi connectivity index (χ0) is 11.4. The van der Waals surface area contributed by atoms with Crippen molar-refractivity contribution in [1.29, 1.82) is 0 Å². The molecule has 0 heterocycles. The Morgan fingerprint density at radius 3 is 1.80 bits per heavy atom. The Hall–Kier alpha value is -0.580. The fourth-order valence-corrected chi connectivity index (χ4v) is 2.50. The minimum Gasteiger partial charge on any atom is -0.461 e. The monoisotopic (exact) mass is 278 g/mol. The molecular formula is C10H15BrO4. The number of carbonyl (C=O) groups is 2. The van der Waals surface area contributed by atoms with E-state index in [0.717, 1.165) is 19.3 Å². The standard InChI is InChI=1S/C10H15BrO4/c1-6(12)14-8-4-3-5-9(10(8)11)15-7(2)13/h8-10H,3-5H2,1-2H3/t8-,9+,10?. The Balaban J connectivity index is 2.54. The Morgan fingerprint density at radius 2 is 1.47 bits per heavy atom. The van der Waals surface area contributed by atoms with Crippen LogP contribution in [-0.4, -0.2) is 29.0 Å². The molecule has 0 aromatic rings. The Bertz CT molecular complexity index is 230. The van der Waals surface area contributed by atoms with Gasteiger partial charge in [-0.1, -0.05) is 15.9 Å². The predicted octanol–water partition coefficient (Wildman–Crippen LogP) is 1.80. The summed E-state index contributed by atoms with van der Waals surface area (Å²) < 4.78 is 10.3. The first kappa shape index (κ1) is 12.5. The molecule has 86 valence electrons. The number of carbonyl (C=O) groups excluding carboxylic acids is 2. The van der Waals surface area contributed by atoms with Crippen LogP contribution in [0.25, 0.3) is 0 Å². The van der Waals surface area contributed by atoms with Gasteiger partial charge in [0.1, 0.15) is 12.2 Å². The first-order chi connectivity index (χ1) is 7.00. The van der Waals surface area contributed by atoms with Gasteiger partial charge < -0.3 is 9.47 Å². The van der Waals surface area contributed by atoms with Crippen LogP contribution in [0.3, 0.4) is 0 Å². The minimum absolute atomic E-state index is 0.0981. The SMILES string of the molecule is CC(=O)O[C@H]1CCC[C@@H](OC(C)=O)C1Br. The molecule has 0 aliphatic heterocycles. The van der Waals surface area contributed by atoms with E-state index >= 15 is 0 Å². The maximum atomic E-state index is 10.8. The third-order valence-electron chi connectivity index (χ3n) is 2.32. The van der Waals surface area contributed by atoms with Crippen LogP contribution in [-0.2, 0) is 19.1 Å². The van der Waals surface area contributed by atoms with Gasteiger partial charge in [0, 0.05) is 13.8 Å². The molecule has 1 fully saturated rings. The molecule has 0 aromatic carbocycles. The van der Waals surface area contributed by atoms with Crippen molar-refractivity contribution in [1.82, 2.24) is 0 Å². The zero-order valence-electron chi connectivity index (χ0n) is 8.86. The molecule has 0 radical (unpaired) electrons. The summed E-state index contributed by atoms with van der Waals surface area (Å²) in [5, 5.41) is 0. The number of esters is 2. The van der Waals surface area contributed by atoms with Crippen LogP contribution in [0.15, 0.2) is 0 Å². The third-order valence-corrected chi connectivity index (χ3v) is 3.50. The molecule has 4 nitrogen and oxygen atoms in total. The van der Waals surface area contributed by atoms with Gasteiger partial charge in [0.25, 0.3) is 0 Å². The van der Waals surface area contributed by atoms with Crippen molar-refractivity contribution in [2.24, 2.45) is 0 Å². The highest BCUT2D eigenvalue weighted by molar-refractivity contribution is 9.09. The fourth-order valence-electron chi connectivity index (χ4n) is 1.75. The van der Waals surface area contributed by atoms with E-state index in [1.807, 2.05) is 0 Å². The Morgan fingerprint density at radius 1 is 1.07 bits per heavy atom. The van der Waals surface area contributed by atoms with Crippen molar-refractivity contribution in [3.8, 4) is 0 Å². The summed E-state index contributed by atoms with van der Waals surface area (Å²) in [5.41, 5.74) is 0. The molecular weight excluding hydrogens is 264 g/mol. The molecule has 0 spiro atoms. The van der Waals surface area contributed by atoms with Gasteiger partial charge in [-0.2, -0.15) is 0 Å². The summed E-state index contributed by atoms with van der Waals surface area (Å²) in [6, 6.07) is 0. The zero-order valence-corrected chi connectivity index (χ0v) is 10.5. The summed E-state index contributed by atoms with van der Waals surface area (Å²) in [6.07, 6.45) is 2.14. The van der Waals surface area contributed by atoms with Crippen molar-refractivity contribution in [2.45, 2.75) is 50.1 Å². The average molecular weight is 279 g/mol. The number of hydrogen-bond acceptors (Lipinski definition) is 4. The van der Waals surface area contributed by atoms with Gasteiger partial charge in [-0.3, -0.25) is 9.59 Å². The van der Waals surface area contributed by atoms with E-state index in [0.29, 0.717) is 0 Å². The average Bonchev–Trinajstić information content (AvgIpc) is 2.10. The molecule has 0 saturated heterocycles. The lowest BCUT2D eigenvalue weighted by Gasteiger charge is -2.33. The molecule has 1 aliphatic rings. The van der Waals surface area contributed by atoms with Gasteiger partial charge in [0.15, 0.2) is 0 Å². The smallest absolute Gasteiger partial charge is 0.302 e. The van der Waals surface area contributed by atoms with Crippen LogP contribution < -0.4 is 0 Å². The molecule has 0 amide bonds. The number of halogens is 1. The topological polar surface area (TPSA) is 52.6 Å². The molecule has 0 N–H and O–H groups in total. The lowest BCUT2D eigenvalue weighted by molar-refractivity contribution is -0.154. The second-order valence-corrected chi connectivity index (χ2v) is 4.73. The van der Waals surface area contributed by atoms with Crippen molar-refractivity contribution < 1.29 is 19.1 Å². The van der Waals surface area contributed by atoms with Crippen LogP contribution in [0.4, 0.5) is 0 Å². The van der Waals surface area contributed by atoms with E-state index in [1.54, 1.807) is 0 Å². The lowest BCUT2D eigenvalue weighted by Crippen LogP contribution is -2.41. The quantitative estimate of drug-likeness (QED) is 0.571. The van der Waals surface area contributed by atoms with Crippen LogP contribution in [0.5, 0.6) is 0 Å². The molecule has 0 bridgehead atoms. The predicted molar refractivity (Wildman–Crippen MR) is 57.7 cm³/mol. The highest BCUT2D eigenvalue weighted by atomic mass is 79.9. The molecule has 1 aliphatic carbocycles. The Kier molecular flexibility index (Phi) is 4.57. The molecule has 1 rings (SSSR count). The van der Waals surface area contributed by atoms with Crippen molar-refractivity contribution in [2.75, 3.05) is 0 Å². The highest BCUT2D eigenvalue weighted by Gasteiger charge is 2.35. The van der Waals surface area contributed by atoms with E-state index in [-0.39, 0.29) is 29.0 Å². The summed E-state index contributed by atoms with van der Waals surface area (Å²) in [7, 11) is 0. The van der Waals surface area contributed by atoms with Crippen molar-refractivity contribution in [3.05, 3.63) is 0 Å². The second-order valence-electron chi connectivity index (χ2n) is 3.67. The molecule has 15 heavy (non-hydrogen) atoms.